The highest BCUT2D eigenvalue weighted by atomic mass is 127. The second kappa shape index (κ2) is 4.77. The Bertz CT molecular complexity index is 495. The maximum absolute atomic E-state index is 14.3. The van der Waals surface area contributed by atoms with Crippen LogP contribution in [-0.4, -0.2) is 13.3 Å². The molecule has 0 amide bonds. The molecule has 0 aliphatic heterocycles. The summed E-state index contributed by atoms with van der Waals surface area (Å²) in [5.41, 5.74) is 0.0399. The molecule has 1 aromatic rings. The molecule has 19 heavy (non-hydrogen) atoms. The monoisotopic (exact) mass is 393 g/mol. The molecule has 0 bridgehead atoms. The number of rotatable bonds is 3. The number of aromatic nitrogens is 1. The summed E-state index contributed by atoms with van der Waals surface area (Å²) in [5.74, 6) is -0.209. The molecule has 0 unspecified atom stereocenters. The van der Waals surface area contributed by atoms with Gasteiger partial charge in [-0.3, -0.25) is 4.98 Å². The van der Waals surface area contributed by atoms with Gasteiger partial charge in [0.05, 0.1) is 3.57 Å². The first-order valence-corrected chi connectivity index (χ1v) is 10.6. The average molecular weight is 393 g/mol. The fourth-order valence-electron chi connectivity index (χ4n) is 1.88. The minimum atomic E-state index is -1.91. The van der Waals surface area contributed by atoms with E-state index in [-0.39, 0.29) is 10.9 Å². The van der Waals surface area contributed by atoms with Gasteiger partial charge in [0.25, 0.3) is 0 Å². The largest absolute Gasteiger partial charge is 0.406 e. The first-order valence-electron chi connectivity index (χ1n) is 6.60. The third-order valence-electron chi connectivity index (χ3n) is 4.23. The van der Waals surface area contributed by atoms with Crippen molar-refractivity contribution in [2.24, 2.45) is 0 Å². The molecule has 0 aromatic carbocycles. The molecule has 0 N–H and O–H groups in total. The van der Waals surface area contributed by atoms with Crippen molar-refractivity contribution in [1.82, 2.24) is 4.98 Å². The van der Waals surface area contributed by atoms with Crippen LogP contribution in [-0.2, 0) is 10.0 Å². The average Bonchev–Trinajstić information content (AvgIpc) is 3.00. The molecular formula is C14H21FINOSi. The maximum atomic E-state index is 14.3. The van der Waals surface area contributed by atoms with E-state index in [0.717, 1.165) is 12.8 Å². The zero-order valence-electron chi connectivity index (χ0n) is 12.2. The Morgan fingerprint density at radius 3 is 2.42 bits per heavy atom. The lowest BCUT2D eigenvalue weighted by Crippen LogP contribution is -2.44. The van der Waals surface area contributed by atoms with Gasteiger partial charge in [0.15, 0.2) is 14.1 Å². The van der Waals surface area contributed by atoms with E-state index in [2.05, 4.69) is 38.8 Å². The summed E-state index contributed by atoms with van der Waals surface area (Å²) in [5, 5.41) is 0.126. The van der Waals surface area contributed by atoms with Gasteiger partial charge in [0, 0.05) is 6.20 Å². The molecule has 0 radical (unpaired) electrons. The summed E-state index contributed by atoms with van der Waals surface area (Å²) in [6.45, 7) is 11.0. The first-order chi connectivity index (χ1) is 8.59. The molecule has 0 atom stereocenters. The van der Waals surface area contributed by atoms with Crippen molar-refractivity contribution in [2.75, 3.05) is 0 Å². The summed E-state index contributed by atoms with van der Waals surface area (Å²) in [7, 11) is -1.91. The van der Waals surface area contributed by atoms with Gasteiger partial charge in [-0.2, -0.15) is 0 Å². The standard InChI is InChI=1S/C14H21FINOSi/c1-13(2,3)19(4,5)18-14(7-8-14)12-11(15)10(16)6-9-17-12/h6,9H,7-8H2,1-5H3. The number of nitrogens with zero attached hydrogens (tertiary/aromatic N) is 1. The maximum Gasteiger partial charge on any atom is 0.193 e. The number of halogens is 2. The van der Waals surface area contributed by atoms with Crippen molar-refractivity contribution in [1.29, 1.82) is 0 Å². The smallest absolute Gasteiger partial charge is 0.193 e. The van der Waals surface area contributed by atoms with E-state index in [4.69, 9.17) is 4.43 Å². The lowest BCUT2D eigenvalue weighted by molar-refractivity contribution is 0.149. The van der Waals surface area contributed by atoms with Crippen LogP contribution in [0, 0.1) is 9.39 Å². The molecule has 1 saturated carbocycles. The van der Waals surface area contributed by atoms with Crippen LogP contribution in [0.3, 0.4) is 0 Å². The summed E-state index contributed by atoms with van der Waals surface area (Å²) < 4.78 is 21.3. The van der Waals surface area contributed by atoms with Crippen molar-refractivity contribution >= 4 is 30.9 Å². The van der Waals surface area contributed by atoms with Crippen molar-refractivity contribution in [3.63, 3.8) is 0 Å². The van der Waals surface area contributed by atoms with Crippen LogP contribution < -0.4 is 0 Å². The van der Waals surface area contributed by atoms with E-state index in [1.165, 1.54) is 0 Å². The molecule has 1 aromatic heterocycles. The lowest BCUT2D eigenvalue weighted by atomic mass is 10.2. The van der Waals surface area contributed by atoms with Crippen LogP contribution in [0.15, 0.2) is 12.3 Å². The van der Waals surface area contributed by atoms with Gasteiger partial charge in [-0.1, -0.05) is 20.8 Å². The van der Waals surface area contributed by atoms with E-state index < -0.39 is 13.9 Å². The van der Waals surface area contributed by atoms with Crippen molar-refractivity contribution < 1.29 is 8.82 Å². The van der Waals surface area contributed by atoms with E-state index >= 15 is 0 Å². The lowest BCUT2D eigenvalue weighted by Gasteiger charge is -2.39. The zero-order valence-corrected chi connectivity index (χ0v) is 15.3. The normalized spacial score (nSPS) is 18.5. The molecule has 2 rings (SSSR count). The molecule has 106 valence electrons. The van der Waals surface area contributed by atoms with E-state index in [0.29, 0.717) is 9.26 Å². The summed E-state index contributed by atoms with van der Waals surface area (Å²) in [6, 6.07) is 1.70. The highest BCUT2D eigenvalue weighted by Crippen LogP contribution is 2.54. The molecule has 2 nitrogen and oxygen atoms in total. The second-order valence-corrected chi connectivity index (χ2v) is 12.7. The molecule has 1 heterocycles. The van der Waals surface area contributed by atoms with Gasteiger partial charge < -0.3 is 4.43 Å². The molecule has 0 saturated heterocycles. The van der Waals surface area contributed by atoms with E-state index in [1.807, 2.05) is 22.6 Å². The van der Waals surface area contributed by atoms with Gasteiger partial charge in [-0.05, 0) is 59.6 Å². The second-order valence-electron chi connectivity index (χ2n) is 6.81. The van der Waals surface area contributed by atoms with Crippen LogP contribution in [0.2, 0.25) is 18.1 Å². The predicted octanol–water partition coefficient (Wildman–Crippen LogP) is 4.84. The Morgan fingerprint density at radius 1 is 1.37 bits per heavy atom. The number of hydrogen-bond donors (Lipinski definition) is 0. The predicted molar refractivity (Wildman–Crippen MR) is 86.1 cm³/mol. The third kappa shape index (κ3) is 2.88. The third-order valence-corrected chi connectivity index (χ3v) is 9.58. The topological polar surface area (TPSA) is 22.1 Å². The van der Waals surface area contributed by atoms with Crippen LogP contribution in [0.4, 0.5) is 4.39 Å². The zero-order chi connectivity index (χ0) is 14.5. The van der Waals surface area contributed by atoms with Crippen LogP contribution in [0.25, 0.3) is 0 Å². The SMILES string of the molecule is CC(C)(C)[Si](C)(C)OC1(c2nccc(I)c2F)CC1. The Hall–Kier alpha value is -0.0131. The van der Waals surface area contributed by atoms with Crippen molar-refractivity contribution in [3.05, 3.63) is 27.3 Å². The Balaban J connectivity index is 2.33. The van der Waals surface area contributed by atoms with Crippen molar-refractivity contribution in [2.45, 2.75) is 57.3 Å². The van der Waals surface area contributed by atoms with Crippen LogP contribution in [0.1, 0.15) is 39.3 Å². The fraction of sp³-hybridized carbons (Fsp3) is 0.643. The van der Waals surface area contributed by atoms with Crippen LogP contribution >= 0.6 is 22.6 Å². The highest BCUT2D eigenvalue weighted by Gasteiger charge is 2.54. The van der Waals surface area contributed by atoms with E-state index in [1.54, 1.807) is 12.3 Å². The van der Waals surface area contributed by atoms with Crippen molar-refractivity contribution in [3.8, 4) is 0 Å². The van der Waals surface area contributed by atoms with Gasteiger partial charge in [0.1, 0.15) is 11.3 Å². The number of pyridine rings is 1. The Morgan fingerprint density at radius 2 is 1.95 bits per heavy atom. The molecule has 5 heteroatoms. The molecule has 0 spiro atoms. The van der Waals surface area contributed by atoms with Gasteiger partial charge in [0.2, 0.25) is 0 Å². The van der Waals surface area contributed by atoms with Gasteiger partial charge in [-0.15, -0.1) is 0 Å². The van der Waals surface area contributed by atoms with Crippen LogP contribution in [0.5, 0.6) is 0 Å². The summed E-state index contributed by atoms with van der Waals surface area (Å²) >= 11 is 2.01. The molecule has 1 fully saturated rings. The highest BCUT2D eigenvalue weighted by molar-refractivity contribution is 14.1. The molecular weight excluding hydrogens is 372 g/mol. The van der Waals surface area contributed by atoms with E-state index in [9.17, 15) is 4.39 Å². The van der Waals surface area contributed by atoms with Gasteiger partial charge in [-0.25, -0.2) is 4.39 Å². The number of hydrogen-bond acceptors (Lipinski definition) is 2. The molecule has 1 aliphatic carbocycles. The minimum absolute atomic E-state index is 0.126. The first kappa shape index (κ1) is 15.4. The fourth-order valence-corrected chi connectivity index (χ4v) is 3.88. The summed E-state index contributed by atoms with van der Waals surface area (Å²) in [6.07, 6.45) is 3.43. The minimum Gasteiger partial charge on any atom is -0.406 e. The Labute approximate surface area is 129 Å². The summed E-state index contributed by atoms with van der Waals surface area (Å²) in [4.78, 5) is 4.26. The van der Waals surface area contributed by atoms with Gasteiger partial charge >= 0.3 is 0 Å². The molecule has 1 aliphatic rings. The quantitative estimate of drug-likeness (QED) is 0.542. The Kier molecular flexibility index (Phi) is 3.86.